The van der Waals surface area contributed by atoms with E-state index >= 15 is 0 Å². The second-order valence-electron chi connectivity index (χ2n) is 9.18. The Hall–Kier alpha value is -3.48. The Bertz CT molecular complexity index is 1610. The van der Waals surface area contributed by atoms with Gasteiger partial charge >= 0.3 is 5.56 Å². The van der Waals surface area contributed by atoms with Crippen molar-refractivity contribution in [1.82, 2.24) is 24.3 Å². The topological polar surface area (TPSA) is 143 Å². The number of aromatic nitrogens is 3. The van der Waals surface area contributed by atoms with E-state index in [0.29, 0.717) is 19.4 Å². The van der Waals surface area contributed by atoms with Gasteiger partial charge in [-0.1, -0.05) is 41.4 Å². The Kier molecular flexibility index (Phi) is 7.36. The normalized spacial score (nSPS) is 17.4. The smallest absolute Gasteiger partial charge is 0.315 e. The molecular weight excluding hydrogens is 569 g/mol. The van der Waals surface area contributed by atoms with Crippen molar-refractivity contribution < 1.29 is 23.1 Å². The van der Waals surface area contributed by atoms with Gasteiger partial charge in [0.2, 0.25) is 5.75 Å². The molecule has 2 aromatic heterocycles. The molecule has 0 spiro atoms. The van der Waals surface area contributed by atoms with Crippen molar-refractivity contribution in [3.8, 4) is 5.75 Å². The van der Waals surface area contributed by atoms with Crippen LogP contribution in [0.4, 0.5) is 0 Å². The van der Waals surface area contributed by atoms with E-state index in [4.69, 9.17) is 23.2 Å². The quantitative estimate of drug-likeness (QED) is 0.460. The Morgan fingerprint density at radius 2 is 1.74 bits per heavy atom. The first-order valence-corrected chi connectivity index (χ1v) is 14.5. The summed E-state index contributed by atoms with van der Waals surface area (Å²) in [6, 6.07) is 7.21. The average molecular weight is 592 g/mol. The van der Waals surface area contributed by atoms with Crippen LogP contribution in [0.2, 0.25) is 10.0 Å². The van der Waals surface area contributed by atoms with Gasteiger partial charge in [0.1, 0.15) is 5.82 Å². The number of nitrogens with zero attached hydrogens (tertiary/aromatic N) is 5. The Morgan fingerprint density at radius 3 is 2.44 bits per heavy atom. The van der Waals surface area contributed by atoms with Gasteiger partial charge in [-0.2, -0.15) is 4.98 Å². The third-order valence-corrected chi connectivity index (χ3v) is 9.17. The van der Waals surface area contributed by atoms with Crippen molar-refractivity contribution in [3.63, 3.8) is 0 Å². The molecule has 4 heterocycles. The highest BCUT2D eigenvalue weighted by atomic mass is 35.5. The van der Waals surface area contributed by atoms with Crippen LogP contribution in [-0.4, -0.2) is 75.1 Å². The van der Waals surface area contributed by atoms with Crippen molar-refractivity contribution in [3.05, 3.63) is 80.2 Å². The molecule has 2 amide bonds. The number of carbonyl (C=O) groups is 2. The lowest BCUT2D eigenvalue weighted by Gasteiger charge is -2.34. The average Bonchev–Trinajstić information content (AvgIpc) is 3.40. The van der Waals surface area contributed by atoms with E-state index in [1.807, 2.05) is 0 Å². The number of aromatic hydroxyl groups is 1. The zero-order chi connectivity index (χ0) is 27.9. The molecule has 1 fully saturated rings. The van der Waals surface area contributed by atoms with Gasteiger partial charge in [0.15, 0.2) is 15.5 Å². The highest BCUT2D eigenvalue weighted by molar-refractivity contribution is 7.91. The summed E-state index contributed by atoms with van der Waals surface area (Å²) >= 11 is 12.4. The third-order valence-electron chi connectivity index (χ3n) is 6.88. The number of likely N-dealkylation sites (tertiary alicyclic amines) is 1. The molecule has 2 aliphatic heterocycles. The summed E-state index contributed by atoms with van der Waals surface area (Å²) in [5, 5.41) is 10.7. The van der Waals surface area contributed by atoms with E-state index in [1.165, 1.54) is 38.9 Å². The lowest BCUT2D eigenvalue weighted by molar-refractivity contribution is 0.0689. The first-order chi connectivity index (χ1) is 18.6. The number of rotatable bonds is 6. The van der Waals surface area contributed by atoms with Gasteiger partial charge in [0.05, 0.1) is 32.3 Å². The fourth-order valence-corrected chi connectivity index (χ4v) is 6.75. The number of hydrogen-bond acceptors (Lipinski definition) is 8. The van der Waals surface area contributed by atoms with E-state index in [-0.39, 0.29) is 57.4 Å². The van der Waals surface area contributed by atoms with E-state index in [0.717, 1.165) is 0 Å². The minimum absolute atomic E-state index is 0.0714. The zero-order valence-electron chi connectivity index (χ0n) is 20.5. The van der Waals surface area contributed by atoms with E-state index < -0.39 is 39.0 Å². The van der Waals surface area contributed by atoms with E-state index in [9.17, 15) is 27.9 Å². The number of pyridine rings is 1. The van der Waals surface area contributed by atoms with Crippen LogP contribution < -0.4 is 5.56 Å². The van der Waals surface area contributed by atoms with Crippen LogP contribution in [0.1, 0.15) is 45.6 Å². The lowest BCUT2D eigenvalue weighted by atomic mass is 10.1. The summed E-state index contributed by atoms with van der Waals surface area (Å²) in [5.74, 6) is -2.16. The van der Waals surface area contributed by atoms with E-state index in [1.54, 1.807) is 18.2 Å². The maximum Gasteiger partial charge on any atom is 0.315 e. The fraction of sp³-hybridized carbons (Fsp3) is 0.320. The molecule has 5 rings (SSSR count). The van der Waals surface area contributed by atoms with Crippen LogP contribution in [0.5, 0.6) is 5.75 Å². The first-order valence-electron chi connectivity index (χ1n) is 12.1. The van der Waals surface area contributed by atoms with Crippen LogP contribution in [0, 0.1) is 0 Å². The Labute approximate surface area is 233 Å². The number of carbonyl (C=O) groups excluding carboxylic acids is 2. The molecule has 1 unspecified atom stereocenters. The van der Waals surface area contributed by atoms with Crippen molar-refractivity contribution in [2.45, 2.75) is 30.3 Å². The van der Waals surface area contributed by atoms with Gasteiger partial charge in [-0.3, -0.25) is 19.4 Å². The highest BCUT2D eigenvalue weighted by Crippen LogP contribution is 2.36. The van der Waals surface area contributed by atoms with Crippen molar-refractivity contribution in [2.24, 2.45) is 0 Å². The molecule has 1 atom stereocenters. The van der Waals surface area contributed by atoms with Crippen LogP contribution in [0.3, 0.4) is 0 Å². The number of amides is 2. The van der Waals surface area contributed by atoms with Crippen LogP contribution >= 0.6 is 23.2 Å². The Morgan fingerprint density at radius 1 is 1.05 bits per heavy atom. The monoisotopic (exact) mass is 591 g/mol. The Balaban J connectivity index is 1.45. The zero-order valence-corrected chi connectivity index (χ0v) is 22.8. The maximum atomic E-state index is 13.4. The molecule has 0 saturated carbocycles. The number of halogens is 2. The molecule has 0 aliphatic carbocycles. The molecule has 39 heavy (non-hydrogen) atoms. The van der Waals surface area contributed by atoms with Gasteiger partial charge < -0.3 is 19.5 Å². The molecule has 2 aliphatic rings. The van der Waals surface area contributed by atoms with Gasteiger partial charge in [-0.15, -0.1) is 0 Å². The summed E-state index contributed by atoms with van der Waals surface area (Å²) in [6.45, 7) is 0.462. The molecule has 0 bridgehead atoms. The first kappa shape index (κ1) is 27.1. The van der Waals surface area contributed by atoms with E-state index in [2.05, 4.69) is 9.97 Å². The molecule has 3 aromatic rings. The third kappa shape index (κ3) is 4.99. The van der Waals surface area contributed by atoms with Crippen LogP contribution in [-0.2, 0) is 16.4 Å². The fourth-order valence-electron chi connectivity index (χ4n) is 4.96. The molecule has 11 nitrogen and oxygen atoms in total. The minimum Gasteiger partial charge on any atom is -0.501 e. The summed E-state index contributed by atoms with van der Waals surface area (Å²) in [5.41, 5.74) is -1.22. The van der Waals surface area contributed by atoms with Crippen molar-refractivity contribution in [1.29, 1.82) is 0 Å². The predicted octanol–water partition coefficient (Wildman–Crippen LogP) is 2.56. The van der Waals surface area contributed by atoms with Crippen LogP contribution in [0.15, 0.2) is 52.4 Å². The number of fused-ring (bicyclic) bond motifs is 1. The maximum absolute atomic E-state index is 13.4. The van der Waals surface area contributed by atoms with Gasteiger partial charge in [-0.05, 0) is 25.0 Å². The second-order valence-corrected chi connectivity index (χ2v) is 12.1. The predicted molar refractivity (Wildman–Crippen MR) is 142 cm³/mol. The lowest BCUT2D eigenvalue weighted by Crippen LogP contribution is -2.46. The molecule has 1 N–H and O–H groups in total. The summed E-state index contributed by atoms with van der Waals surface area (Å²) in [7, 11) is -3.66. The van der Waals surface area contributed by atoms with Crippen molar-refractivity contribution in [2.75, 3.05) is 25.4 Å². The number of hydrogen-bond donors (Lipinski definition) is 1. The summed E-state index contributed by atoms with van der Waals surface area (Å²) in [4.78, 5) is 50.3. The SMILES string of the molecule is O=C1c2c(O)c(=O)nc(C3CCCN3C(=O)c3c(Cl)cncc3Cl)n2CCN1CCS(=O)(=O)c1ccccc1. The van der Waals surface area contributed by atoms with Gasteiger partial charge in [0.25, 0.3) is 11.8 Å². The summed E-state index contributed by atoms with van der Waals surface area (Å²) < 4.78 is 26.9. The second kappa shape index (κ2) is 10.6. The van der Waals surface area contributed by atoms with Crippen molar-refractivity contribution >= 4 is 44.9 Å². The molecule has 204 valence electrons. The molecule has 1 aromatic carbocycles. The van der Waals surface area contributed by atoms with Crippen LogP contribution in [0.25, 0.3) is 0 Å². The van der Waals surface area contributed by atoms with Gasteiger partial charge in [-0.25, -0.2) is 8.42 Å². The molecule has 0 radical (unpaired) electrons. The molecule has 14 heteroatoms. The standard InChI is InChI=1S/C25H23Cl2N5O6S/c26-16-13-28-14-17(27)19(16)24(35)31-8-4-7-18(31)22-29-23(34)21(33)20-25(36)30(9-10-32(20)22)11-12-39(37,38)15-5-2-1-3-6-15/h1-3,5-6,13-14,18,33H,4,7-12H2. The number of benzene rings is 1. The molecule has 1 saturated heterocycles. The summed E-state index contributed by atoms with van der Waals surface area (Å²) in [6.07, 6.45) is 3.67. The highest BCUT2D eigenvalue weighted by Gasteiger charge is 2.39. The molecular formula is C25H23Cl2N5O6S. The largest absolute Gasteiger partial charge is 0.501 e. The van der Waals surface area contributed by atoms with Gasteiger partial charge in [0, 0.05) is 38.6 Å². The minimum atomic E-state index is -3.66. The number of sulfone groups is 1.